The fourth-order valence-electron chi connectivity index (χ4n) is 1.68. The molecule has 3 N–H and O–H groups in total. The molecule has 0 aromatic heterocycles. The van der Waals surface area contributed by atoms with E-state index in [2.05, 4.69) is 24.1 Å². The lowest BCUT2D eigenvalue weighted by Gasteiger charge is -2.27. The van der Waals surface area contributed by atoms with Crippen molar-refractivity contribution in [2.75, 3.05) is 34.4 Å². The van der Waals surface area contributed by atoms with Gasteiger partial charge in [0, 0.05) is 26.3 Å². The van der Waals surface area contributed by atoms with Gasteiger partial charge in [-0.3, -0.25) is 4.79 Å². The third-order valence-electron chi connectivity index (χ3n) is 2.89. The van der Waals surface area contributed by atoms with Crippen molar-refractivity contribution in [3.05, 3.63) is 0 Å². The molecule has 5 nitrogen and oxygen atoms in total. The van der Waals surface area contributed by atoms with Crippen molar-refractivity contribution in [1.29, 1.82) is 0 Å². The highest BCUT2D eigenvalue weighted by Crippen LogP contribution is 2.04. The van der Waals surface area contributed by atoms with Gasteiger partial charge in [-0.25, -0.2) is 0 Å². The Kier molecular flexibility index (Phi) is 8.97. The van der Waals surface area contributed by atoms with Crippen molar-refractivity contribution in [3.8, 4) is 0 Å². The van der Waals surface area contributed by atoms with Gasteiger partial charge in [0.2, 0.25) is 5.91 Å². The summed E-state index contributed by atoms with van der Waals surface area (Å²) in [7, 11) is 5.65. The number of nitrogens with zero attached hydrogens (tertiary/aromatic N) is 1. The Balaban J connectivity index is 4.15. The summed E-state index contributed by atoms with van der Waals surface area (Å²) in [5, 5.41) is 3.03. The molecule has 5 heteroatoms. The molecule has 0 heterocycles. The topological polar surface area (TPSA) is 67.6 Å². The van der Waals surface area contributed by atoms with Gasteiger partial charge in [-0.1, -0.05) is 13.8 Å². The number of amides is 1. The molecule has 0 aliphatic heterocycles. The predicted molar refractivity (Wildman–Crippen MR) is 74.4 cm³/mol. The fourth-order valence-corrected chi connectivity index (χ4v) is 1.68. The van der Waals surface area contributed by atoms with E-state index in [-0.39, 0.29) is 11.9 Å². The molecule has 108 valence electrons. The lowest BCUT2D eigenvalue weighted by molar-refractivity contribution is -0.123. The summed E-state index contributed by atoms with van der Waals surface area (Å²) in [6.45, 7) is 5.68. The second kappa shape index (κ2) is 9.30. The van der Waals surface area contributed by atoms with Gasteiger partial charge in [-0.15, -0.1) is 0 Å². The molecule has 0 aliphatic carbocycles. The van der Waals surface area contributed by atoms with Gasteiger partial charge >= 0.3 is 0 Å². The van der Waals surface area contributed by atoms with E-state index in [0.717, 1.165) is 13.0 Å². The number of hydrogen-bond donors (Lipinski definition) is 2. The number of carbonyl (C=O) groups excluding carboxylic acids is 1. The lowest BCUT2D eigenvalue weighted by Crippen LogP contribution is -2.50. The van der Waals surface area contributed by atoms with Crippen molar-refractivity contribution in [3.63, 3.8) is 0 Å². The zero-order valence-corrected chi connectivity index (χ0v) is 12.4. The molecule has 0 aromatic carbocycles. The highest BCUT2D eigenvalue weighted by molar-refractivity contribution is 5.81. The number of nitrogens with one attached hydrogen (secondary N) is 1. The minimum absolute atomic E-state index is 0.0633. The van der Waals surface area contributed by atoms with Gasteiger partial charge < -0.3 is 20.7 Å². The summed E-state index contributed by atoms with van der Waals surface area (Å²) in [5.74, 6) is 0.328. The molecule has 0 rings (SSSR count). The Morgan fingerprint density at radius 2 is 2.00 bits per heavy atom. The van der Waals surface area contributed by atoms with Crippen molar-refractivity contribution in [2.45, 2.75) is 38.8 Å². The summed E-state index contributed by atoms with van der Waals surface area (Å²) in [6.07, 6.45) is 1.47. The van der Waals surface area contributed by atoms with Gasteiger partial charge in [0.15, 0.2) is 0 Å². The molecule has 0 fully saturated rings. The number of rotatable bonds is 9. The van der Waals surface area contributed by atoms with E-state index in [1.807, 2.05) is 14.1 Å². The van der Waals surface area contributed by atoms with Crippen LogP contribution in [0.3, 0.4) is 0 Å². The van der Waals surface area contributed by atoms with Gasteiger partial charge in [-0.05, 0) is 32.9 Å². The molecule has 0 saturated heterocycles. The zero-order valence-electron chi connectivity index (χ0n) is 12.4. The highest BCUT2D eigenvalue weighted by atomic mass is 16.5. The van der Waals surface area contributed by atoms with E-state index >= 15 is 0 Å². The zero-order chi connectivity index (χ0) is 14.1. The Morgan fingerprint density at radius 3 is 2.44 bits per heavy atom. The van der Waals surface area contributed by atoms with Crippen LogP contribution in [0.4, 0.5) is 0 Å². The first-order valence-corrected chi connectivity index (χ1v) is 6.58. The van der Waals surface area contributed by atoms with Crippen molar-refractivity contribution in [1.82, 2.24) is 10.2 Å². The smallest absolute Gasteiger partial charge is 0.237 e. The van der Waals surface area contributed by atoms with Gasteiger partial charge in [0.1, 0.15) is 0 Å². The first kappa shape index (κ1) is 17.4. The van der Waals surface area contributed by atoms with E-state index in [4.69, 9.17) is 10.5 Å². The van der Waals surface area contributed by atoms with Crippen molar-refractivity contribution >= 4 is 5.91 Å². The third kappa shape index (κ3) is 7.63. The molecule has 0 saturated carbocycles. The van der Waals surface area contributed by atoms with Gasteiger partial charge in [-0.2, -0.15) is 0 Å². The second-order valence-electron chi connectivity index (χ2n) is 5.36. The van der Waals surface area contributed by atoms with Crippen LogP contribution in [0.1, 0.15) is 26.7 Å². The molecular formula is C13H29N3O2. The number of nitrogens with two attached hydrogens (primary N) is 1. The molecule has 18 heavy (non-hydrogen) atoms. The van der Waals surface area contributed by atoms with Crippen LogP contribution < -0.4 is 11.1 Å². The average molecular weight is 259 g/mol. The van der Waals surface area contributed by atoms with Crippen LogP contribution in [0.15, 0.2) is 0 Å². The summed E-state index contributed by atoms with van der Waals surface area (Å²) < 4.78 is 4.95. The molecular weight excluding hydrogens is 230 g/mol. The monoisotopic (exact) mass is 259 g/mol. The number of methoxy groups -OCH3 is 1. The van der Waals surface area contributed by atoms with Gasteiger partial charge in [0.25, 0.3) is 0 Å². The van der Waals surface area contributed by atoms with Crippen LogP contribution in [0.5, 0.6) is 0 Å². The third-order valence-corrected chi connectivity index (χ3v) is 2.89. The molecule has 0 aromatic rings. The Labute approximate surface area is 111 Å². The van der Waals surface area contributed by atoms with Crippen molar-refractivity contribution in [2.24, 2.45) is 11.7 Å². The molecule has 2 unspecified atom stereocenters. The fraction of sp³-hybridized carbons (Fsp3) is 0.923. The number of carbonyl (C=O) groups is 1. The summed E-state index contributed by atoms with van der Waals surface area (Å²) in [4.78, 5) is 14.0. The Morgan fingerprint density at radius 1 is 1.39 bits per heavy atom. The maximum Gasteiger partial charge on any atom is 0.237 e. The predicted octanol–water partition coefficient (Wildman–Crippen LogP) is 0.443. The summed E-state index contributed by atoms with van der Waals surface area (Å²) >= 11 is 0. The Bertz CT molecular complexity index is 232. The molecule has 2 atom stereocenters. The molecule has 1 amide bonds. The normalized spacial score (nSPS) is 14.9. The van der Waals surface area contributed by atoms with Crippen LogP contribution in [0, 0.1) is 5.92 Å². The summed E-state index contributed by atoms with van der Waals surface area (Å²) in [6, 6.07) is -0.301. The van der Waals surface area contributed by atoms with E-state index in [0.29, 0.717) is 18.9 Å². The molecule has 0 radical (unpaired) electrons. The first-order chi connectivity index (χ1) is 8.38. The second-order valence-corrected chi connectivity index (χ2v) is 5.36. The van der Waals surface area contributed by atoms with Crippen molar-refractivity contribution < 1.29 is 9.53 Å². The maximum atomic E-state index is 11.9. The minimum Gasteiger partial charge on any atom is -0.385 e. The van der Waals surface area contributed by atoms with Gasteiger partial charge in [0.05, 0.1) is 6.04 Å². The molecule has 0 spiro atoms. The maximum absolute atomic E-state index is 11.9. The number of hydrogen-bond acceptors (Lipinski definition) is 4. The first-order valence-electron chi connectivity index (χ1n) is 6.58. The summed E-state index contributed by atoms with van der Waals surface area (Å²) in [5.41, 5.74) is 5.86. The number of ether oxygens (including phenoxy) is 1. The van der Waals surface area contributed by atoms with Crippen LogP contribution in [0.25, 0.3) is 0 Å². The van der Waals surface area contributed by atoms with E-state index in [9.17, 15) is 4.79 Å². The largest absolute Gasteiger partial charge is 0.385 e. The van der Waals surface area contributed by atoms with Crippen LogP contribution in [-0.2, 0) is 9.53 Å². The minimum atomic E-state index is -0.441. The van der Waals surface area contributed by atoms with Crippen LogP contribution >= 0.6 is 0 Å². The Hall–Kier alpha value is -0.650. The lowest BCUT2D eigenvalue weighted by atomic mass is 10.0. The highest BCUT2D eigenvalue weighted by Gasteiger charge is 2.20. The van der Waals surface area contributed by atoms with E-state index < -0.39 is 6.04 Å². The SMILES string of the molecule is COCCCC(N)C(=O)NC(CN(C)C)C(C)C. The molecule has 0 bridgehead atoms. The van der Waals surface area contributed by atoms with E-state index in [1.54, 1.807) is 7.11 Å². The number of likely N-dealkylation sites (N-methyl/N-ethyl adjacent to an activating group) is 1. The van der Waals surface area contributed by atoms with Crippen LogP contribution in [0.2, 0.25) is 0 Å². The van der Waals surface area contributed by atoms with E-state index in [1.165, 1.54) is 0 Å². The molecule has 0 aliphatic rings. The van der Waals surface area contributed by atoms with Crippen LogP contribution in [-0.4, -0.2) is 57.2 Å². The standard InChI is InChI=1S/C13H29N3O2/c1-10(2)12(9-16(3)4)15-13(17)11(14)7-6-8-18-5/h10-12H,6-9,14H2,1-5H3,(H,15,17). The average Bonchev–Trinajstić information content (AvgIpc) is 2.27. The quantitative estimate of drug-likeness (QED) is 0.590.